The Morgan fingerprint density at radius 2 is 1.38 bits per heavy atom. The highest BCUT2D eigenvalue weighted by Gasteiger charge is 2.56. The Kier molecular flexibility index (Phi) is 14.5. The molecule has 0 spiro atoms. The van der Waals surface area contributed by atoms with E-state index in [0.717, 1.165) is 19.3 Å². The first-order chi connectivity index (χ1) is 17.7. The van der Waals surface area contributed by atoms with Crippen LogP contribution >= 0.6 is 0 Å². The van der Waals surface area contributed by atoms with Gasteiger partial charge in [-0.15, -0.1) is 0 Å². The van der Waals surface area contributed by atoms with Crippen LogP contribution in [-0.2, 0) is 29.2 Å². The van der Waals surface area contributed by atoms with Gasteiger partial charge >= 0.3 is 24.0 Å². The molecule has 0 radical (unpaired) electrons. The molecule has 0 rings (SSSR count). The molecule has 0 aliphatic rings. The van der Waals surface area contributed by atoms with Crippen molar-refractivity contribution >= 4 is 22.1 Å². The van der Waals surface area contributed by atoms with E-state index in [1.165, 1.54) is 0 Å². The molecule has 0 heterocycles. The molecule has 238 valence electrons. The van der Waals surface area contributed by atoms with Crippen LogP contribution in [0, 0.1) is 28.6 Å². The maximum atomic E-state index is 13.0. The van der Waals surface area contributed by atoms with Crippen LogP contribution in [0.3, 0.4) is 0 Å². The fourth-order valence-electron chi connectivity index (χ4n) is 4.74. The molecule has 0 aliphatic heterocycles. The Balaban J connectivity index is 5.27. The Labute approximate surface area is 235 Å². The van der Waals surface area contributed by atoms with Crippen LogP contribution < -0.4 is 0 Å². The summed E-state index contributed by atoms with van der Waals surface area (Å²) in [6, 6.07) is 0. The lowest BCUT2D eigenvalue weighted by Gasteiger charge is -2.31. The Morgan fingerprint density at radius 3 is 1.82 bits per heavy atom. The quantitative estimate of drug-likeness (QED) is 0.0850. The second-order valence-electron chi connectivity index (χ2n) is 13.3. The van der Waals surface area contributed by atoms with Gasteiger partial charge in [0.25, 0.3) is 10.1 Å². The topological polar surface area (TPSA) is 107 Å². The van der Waals surface area contributed by atoms with Crippen molar-refractivity contribution in [3.8, 4) is 0 Å². The molecular weight excluding hydrogens is 563 g/mol. The molecule has 13 heteroatoms. The summed E-state index contributed by atoms with van der Waals surface area (Å²) in [6.45, 7) is 15.8. The average molecular weight is 611 g/mol. The Bertz CT molecular complexity index is 906. The summed E-state index contributed by atoms with van der Waals surface area (Å²) in [4.78, 5) is 24.6. The normalized spacial score (nSPS) is 16.6. The molecule has 4 unspecified atom stereocenters. The minimum absolute atomic E-state index is 0.0243. The number of carbonyl (C=O) groups excluding carboxylic acids is 2. The predicted molar refractivity (Wildman–Crippen MR) is 141 cm³/mol. The van der Waals surface area contributed by atoms with E-state index in [1.54, 1.807) is 0 Å². The van der Waals surface area contributed by atoms with Gasteiger partial charge < -0.3 is 9.47 Å². The van der Waals surface area contributed by atoms with Gasteiger partial charge in [-0.3, -0.25) is 14.1 Å². The lowest BCUT2D eigenvalue weighted by atomic mass is 9.76. The first-order valence-electron chi connectivity index (χ1n) is 13.5. The highest BCUT2D eigenvalue weighted by Crippen LogP contribution is 2.39. The number of hydrogen-bond acceptors (Lipinski definition) is 6. The zero-order chi connectivity index (χ0) is 31.7. The number of esters is 2. The smallest absolute Gasteiger partial charge is 0.453 e. The zero-order valence-corrected chi connectivity index (χ0v) is 25.7. The van der Waals surface area contributed by atoms with Gasteiger partial charge in [0, 0.05) is 6.42 Å². The van der Waals surface area contributed by atoms with Crippen LogP contribution in [0.1, 0.15) is 100 Å². The van der Waals surface area contributed by atoms with Crippen LogP contribution in [0.2, 0.25) is 0 Å². The molecule has 0 fully saturated rings. The summed E-state index contributed by atoms with van der Waals surface area (Å²) in [5, 5.41) is -2.32. The number of hydrogen-bond donors (Lipinski definition) is 1. The van der Waals surface area contributed by atoms with Crippen molar-refractivity contribution in [2.75, 3.05) is 13.2 Å². The van der Waals surface area contributed by atoms with E-state index in [-0.39, 0.29) is 29.3 Å². The number of carbonyl (C=O) groups is 2. The van der Waals surface area contributed by atoms with Gasteiger partial charge in [-0.05, 0) is 54.3 Å². The summed E-state index contributed by atoms with van der Waals surface area (Å²) >= 11 is 0. The van der Waals surface area contributed by atoms with Gasteiger partial charge in [0.2, 0.25) is 0 Å². The molecule has 0 aliphatic carbocycles. The SMILES string of the molecule is CC(CCC(COC(=O)C(CC(=O)OCCCC(F)(F)C(F)(F)F)S(=O)(=O)O)C(C)CC(C)(C)C)CC(C)(C)C. The summed E-state index contributed by atoms with van der Waals surface area (Å²) in [6.07, 6.45) is -6.13. The molecule has 0 aromatic carbocycles. The number of halogens is 5. The lowest BCUT2D eigenvalue weighted by molar-refractivity contribution is -0.285. The molecule has 0 amide bonds. The van der Waals surface area contributed by atoms with Gasteiger partial charge in [-0.25, -0.2) is 0 Å². The van der Waals surface area contributed by atoms with Crippen molar-refractivity contribution in [2.24, 2.45) is 28.6 Å². The molecule has 40 heavy (non-hydrogen) atoms. The van der Waals surface area contributed by atoms with E-state index in [9.17, 15) is 44.5 Å². The highest BCUT2D eigenvalue weighted by atomic mass is 32.2. The van der Waals surface area contributed by atoms with Gasteiger partial charge in [-0.2, -0.15) is 30.4 Å². The Morgan fingerprint density at radius 1 is 0.850 bits per heavy atom. The van der Waals surface area contributed by atoms with E-state index in [1.807, 2.05) is 6.92 Å². The van der Waals surface area contributed by atoms with Crippen molar-refractivity contribution in [2.45, 2.75) is 118 Å². The average Bonchev–Trinajstić information content (AvgIpc) is 2.70. The third-order valence-electron chi connectivity index (χ3n) is 6.46. The monoisotopic (exact) mass is 610 g/mol. The third kappa shape index (κ3) is 16.1. The van der Waals surface area contributed by atoms with E-state index < -0.39 is 65.3 Å². The second kappa shape index (κ2) is 15.1. The van der Waals surface area contributed by atoms with Crippen LogP contribution in [0.25, 0.3) is 0 Å². The molecule has 0 aromatic rings. The first kappa shape index (κ1) is 38.5. The standard InChI is InChI=1S/C27H47F5O7S/c1-18(15-24(3,4)5)10-11-20(19(2)16-25(6,7)8)17-39-23(34)21(40(35,36)37)14-22(33)38-13-9-12-26(28,29)27(30,31)32/h18-21H,9-17H2,1-8H3,(H,35,36,37). The molecule has 7 nitrogen and oxygen atoms in total. The number of ether oxygens (including phenoxy) is 2. The molecule has 0 saturated carbocycles. The summed E-state index contributed by atoms with van der Waals surface area (Å²) in [5.41, 5.74) is 0.110. The largest absolute Gasteiger partial charge is 0.466 e. The maximum Gasteiger partial charge on any atom is 0.453 e. The number of alkyl halides is 5. The van der Waals surface area contributed by atoms with Crippen molar-refractivity contribution in [1.82, 2.24) is 0 Å². The van der Waals surface area contributed by atoms with Crippen LogP contribution in [0.4, 0.5) is 22.0 Å². The predicted octanol–water partition coefficient (Wildman–Crippen LogP) is 7.24. The fourth-order valence-corrected chi connectivity index (χ4v) is 5.39. The molecule has 1 N–H and O–H groups in total. The Hall–Kier alpha value is -1.50. The summed E-state index contributed by atoms with van der Waals surface area (Å²) in [7, 11) is -5.12. The summed E-state index contributed by atoms with van der Waals surface area (Å²) in [5.74, 6) is -7.38. The van der Waals surface area contributed by atoms with Crippen LogP contribution in [0.15, 0.2) is 0 Å². The van der Waals surface area contributed by atoms with Gasteiger partial charge in [0.15, 0.2) is 5.25 Å². The zero-order valence-electron chi connectivity index (χ0n) is 24.9. The van der Waals surface area contributed by atoms with E-state index in [0.29, 0.717) is 12.3 Å². The maximum absolute atomic E-state index is 13.0. The minimum Gasteiger partial charge on any atom is -0.466 e. The second-order valence-corrected chi connectivity index (χ2v) is 14.9. The van der Waals surface area contributed by atoms with E-state index >= 15 is 0 Å². The molecule has 0 saturated heterocycles. The van der Waals surface area contributed by atoms with Crippen molar-refractivity contribution in [1.29, 1.82) is 0 Å². The van der Waals surface area contributed by atoms with Crippen LogP contribution in [-0.4, -0.2) is 55.5 Å². The molecule has 4 atom stereocenters. The van der Waals surface area contributed by atoms with Gasteiger partial charge in [0.1, 0.15) is 0 Å². The molecule has 0 bridgehead atoms. The number of rotatable bonds is 16. The van der Waals surface area contributed by atoms with Crippen LogP contribution in [0.5, 0.6) is 0 Å². The molecule has 0 aromatic heterocycles. The highest BCUT2D eigenvalue weighted by molar-refractivity contribution is 7.87. The first-order valence-corrected chi connectivity index (χ1v) is 15.0. The van der Waals surface area contributed by atoms with Crippen molar-refractivity contribution in [3.63, 3.8) is 0 Å². The lowest BCUT2D eigenvalue weighted by Crippen LogP contribution is -2.37. The van der Waals surface area contributed by atoms with Gasteiger partial charge in [-0.1, -0.05) is 61.8 Å². The summed E-state index contributed by atoms with van der Waals surface area (Å²) < 4.78 is 106. The van der Waals surface area contributed by atoms with Crippen molar-refractivity contribution in [3.05, 3.63) is 0 Å². The van der Waals surface area contributed by atoms with Gasteiger partial charge in [0.05, 0.1) is 19.6 Å². The van der Waals surface area contributed by atoms with E-state index in [2.05, 4.69) is 53.2 Å². The third-order valence-corrected chi connectivity index (χ3v) is 7.54. The fraction of sp³-hybridized carbons (Fsp3) is 0.926. The van der Waals surface area contributed by atoms with Crippen molar-refractivity contribution < 1.29 is 54.0 Å². The minimum atomic E-state index is -5.76. The molecular formula is C27H47F5O7S. The van der Waals surface area contributed by atoms with E-state index in [4.69, 9.17) is 4.74 Å².